The molecule has 1 spiro atoms. The molecule has 2 bridgehead atoms. The third kappa shape index (κ3) is 2.68. The smallest absolute Gasteiger partial charge is 0.231 e. The van der Waals surface area contributed by atoms with Gasteiger partial charge in [0.1, 0.15) is 0 Å². The highest BCUT2D eigenvalue weighted by Crippen LogP contribution is 2.69. The second-order valence-electron chi connectivity index (χ2n) is 9.22. The summed E-state index contributed by atoms with van der Waals surface area (Å²) >= 11 is 0. The van der Waals surface area contributed by atoms with E-state index in [0.717, 1.165) is 64.5 Å². The third-order valence-electron chi connectivity index (χ3n) is 7.32. The molecule has 5 aliphatic rings. The molecule has 0 aromatic carbocycles. The van der Waals surface area contributed by atoms with Gasteiger partial charge in [0.25, 0.3) is 0 Å². The number of hydrogen-bond acceptors (Lipinski definition) is 4. The number of hydrogen-bond donors (Lipinski definition) is 2. The summed E-state index contributed by atoms with van der Waals surface area (Å²) in [5.74, 6) is 0.555. The van der Waals surface area contributed by atoms with Crippen molar-refractivity contribution in [3.05, 3.63) is 0 Å². The number of carbonyl (C=O) groups excluding carboxylic acids is 2. The van der Waals surface area contributed by atoms with Crippen molar-refractivity contribution in [3.8, 4) is 0 Å². The van der Waals surface area contributed by atoms with Crippen LogP contribution in [0.2, 0.25) is 0 Å². The normalized spacial score (nSPS) is 35.8. The minimum absolute atomic E-state index is 0.169. The number of nitrogens with zero attached hydrogens (tertiary/aromatic N) is 1. The third-order valence-corrected chi connectivity index (χ3v) is 7.32. The first-order chi connectivity index (χ1) is 12.4. The fraction of sp³-hybridized carbons (Fsp3) is 0.900. The Balaban J connectivity index is 1.45. The minimum atomic E-state index is -0.395. The van der Waals surface area contributed by atoms with E-state index in [0.29, 0.717) is 6.54 Å². The molecule has 2 aliphatic carbocycles. The molecule has 3 aliphatic heterocycles. The average Bonchev–Trinajstić information content (AvgIpc) is 3.04. The molecular formula is C20H33N3O3. The molecule has 0 aromatic heterocycles. The molecule has 6 heteroatoms. The quantitative estimate of drug-likeness (QED) is 0.793. The molecule has 6 nitrogen and oxygen atoms in total. The van der Waals surface area contributed by atoms with E-state index >= 15 is 0 Å². The van der Waals surface area contributed by atoms with Gasteiger partial charge in [0.2, 0.25) is 11.8 Å². The van der Waals surface area contributed by atoms with E-state index in [1.807, 2.05) is 14.1 Å². The fourth-order valence-corrected chi connectivity index (χ4v) is 6.06. The summed E-state index contributed by atoms with van der Waals surface area (Å²) in [6, 6.07) is 0. The van der Waals surface area contributed by atoms with Crippen molar-refractivity contribution < 1.29 is 14.3 Å². The lowest BCUT2D eigenvalue weighted by Crippen LogP contribution is -2.61. The summed E-state index contributed by atoms with van der Waals surface area (Å²) in [7, 11) is 3.68. The fourth-order valence-electron chi connectivity index (χ4n) is 6.06. The zero-order valence-electron chi connectivity index (χ0n) is 16.2. The predicted octanol–water partition coefficient (Wildman–Crippen LogP) is 1.44. The molecule has 5 fully saturated rings. The van der Waals surface area contributed by atoms with E-state index < -0.39 is 5.41 Å². The van der Waals surface area contributed by atoms with Crippen LogP contribution in [-0.2, 0) is 14.3 Å². The zero-order valence-corrected chi connectivity index (χ0v) is 16.2. The van der Waals surface area contributed by atoms with Crippen molar-refractivity contribution in [1.82, 2.24) is 15.5 Å². The van der Waals surface area contributed by atoms with E-state index in [2.05, 4.69) is 10.6 Å². The minimum Gasteiger partial charge on any atom is -0.365 e. The standard InChI is InChI=1S/C20H33N3O3/c1-23(2)17(25)19-12-18(13-19,26-20(19)8-10-21-11-9-20)14-22-16(24)15-6-4-3-5-7-15/h15,21H,3-14H2,1-2H3,(H,22,24). The van der Waals surface area contributed by atoms with Crippen LogP contribution < -0.4 is 10.6 Å². The van der Waals surface area contributed by atoms with Crippen molar-refractivity contribution in [1.29, 1.82) is 0 Å². The van der Waals surface area contributed by atoms with Crippen molar-refractivity contribution in [2.75, 3.05) is 33.7 Å². The Morgan fingerprint density at radius 3 is 2.38 bits per heavy atom. The van der Waals surface area contributed by atoms with E-state index in [-0.39, 0.29) is 28.9 Å². The topological polar surface area (TPSA) is 70.7 Å². The monoisotopic (exact) mass is 363 g/mol. The number of piperidine rings is 1. The molecule has 0 unspecified atom stereocenters. The van der Waals surface area contributed by atoms with E-state index in [1.165, 1.54) is 6.42 Å². The van der Waals surface area contributed by atoms with Gasteiger partial charge in [-0.3, -0.25) is 9.59 Å². The van der Waals surface area contributed by atoms with Crippen molar-refractivity contribution in [3.63, 3.8) is 0 Å². The van der Waals surface area contributed by atoms with Crippen molar-refractivity contribution in [2.24, 2.45) is 11.3 Å². The number of amides is 2. The van der Waals surface area contributed by atoms with Crippen LogP contribution in [0.25, 0.3) is 0 Å². The number of carbonyl (C=O) groups is 2. The Bertz CT molecular complexity index is 571. The van der Waals surface area contributed by atoms with Gasteiger partial charge < -0.3 is 20.3 Å². The van der Waals surface area contributed by atoms with Gasteiger partial charge in [0, 0.05) is 26.6 Å². The Labute approximate surface area is 156 Å². The van der Waals surface area contributed by atoms with Gasteiger partial charge in [0.15, 0.2) is 0 Å². The van der Waals surface area contributed by atoms with Crippen LogP contribution in [0, 0.1) is 11.3 Å². The van der Waals surface area contributed by atoms with Gasteiger partial charge in [-0.2, -0.15) is 0 Å². The number of rotatable bonds is 4. The van der Waals surface area contributed by atoms with Gasteiger partial charge in [-0.25, -0.2) is 0 Å². The summed E-state index contributed by atoms with van der Waals surface area (Å²) < 4.78 is 6.66. The summed E-state index contributed by atoms with van der Waals surface area (Å²) in [4.78, 5) is 27.3. The molecule has 2 N–H and O–H groups in total. The van der Waals surface area contributed by atoms with Crippen LogP contribution in [0.3, 0.4) is 0 Å². The van der Waals surface area contributed by atoms with Crippen LogP contribution >= 0.6 is 0 Å². The Hall–Kier alpha value is -1.14. The molecule has 0 atom stereocenters. The summed E-state index contributed by atoms with van der Waals surface area (Å²) in [5.41, 5.74) is -1.09. The highest BCUT2D eigenvalue weighted by atomic mass is 16.5. The second kappa shape index (κ2) is 6.48. The van der Waals surface area contributed by atoms with Crippen LogP contribution in [0.15, 0.2) is 0 Å². The molecule has 2 saturated carbocycles. The van der Waals surface area contributed by atoms with Gasteiger partial charge in [-0.15, -0.1) is 0 Å². The highest BCUT2D eigenvalue weighted by Gasteiger charge is 2.77. The van der Waals surface area contributed by atoms with Crippen molar-refractivity contribution in [2.45, 2.75) is 69.0 Å². The largest absolute Gasteiger partial charge is 0.365 e. The molecule has 0 aromatic rings. The molecule has 26 heavy (non-hydrogen) atoms. The maximum absolute atomic E-state index is 13.0. The first kappa shape index (κ1) is 18.2. The lowest BCUT2D eigenvalue weighted by atomic mass is 9.53. The lowest BCUT2D eigenvalue weighted by Gasteiger charge is -2.49. The van der Waals surface area contributed by atoms with Crippen LogP contribution in [0.4, 0.5) is 0 Å². The van der Waals surface area contributed by atoms with E-state index in [4.69, 9.17) is 4.74 Å². The van der Waals surface area contributed by atoms with E-state index in [9.17, 15) is 9.59 Å². The Morgan fingerprint density at radius 2 is 1.77 bits per heavy atom. The van der Waals surface area contributed by atoms with Crippen LogP contribution in [0.1, 0.15) is 57.8 Å². The van der Waals surface area contributed by atoms with Crippen LogP contribution in [0.5, 0.6) is 0 Å². The molecular weight excluding hydrogens is 330 g/mol. The number of nitrogens with one attached hydrogen (secondary N) is 2. The van der Waals surface area contributed by atoms with Gasteiger partial charge >= 0.3 is 0 Å². The maximum atomic E-state index is 13.0. The predicted molar refractivity (Wildman–Crippen MR) is 98.6 cm³/mol. The Morgan fingerprint density at radius 1 is 1.12 bits per heavy atom. The lowest BCUT2D eigenvalue weighted by molar-refractivity contribution is -0.149. The SMILES string of the molecule is CN(C)C(=O)C12CC(CNC(=O)C3CCCCC3)(C1)OC21CCNCC1. The summed E-state index contributed by atoms with van der Waals surface area (Å²) in [6.45, 7) is 2.35. The second-order valence-corrected chi connectivity index (χ2v) is 9.22. The molecule has 0 radical (unpaired) electrons. The Kier molecular flexibility index (Phi) is 4.55. The molecule has 3 heterocycles. The van der Waals surface area contributed by atoms with Gasteiger partial charge in [-0.1, -0.05) is 19.3 Å². The molecule has 5 rings (SSSR count). The molecule has 146 valence electrons. The highest BCUT2D eigenvalue weighted by molar-refractivity contribution is 5.86. The van der Waals surface area contributed by atoms with Gasteiger partial charge in [-0.05, 0) is 51.6 Å². The zero-order chi connectivity index (χ0) is 18.4. The van der Waals surface area contributed by atoms with Gasteiger partial charge in [0.05, 0.1) is 16.6 Å². The summed E-state index contributed by atoms with van der Waals surface area (Å²) in [5, 5.41) is 6.57. The molecule has 3 saturated heterocycles. The van der Waals surface area contributed by atoms with Crippen molar-refractivity contribution >= 4 is 11.8 Å². The average molecular weight is 364 g/mol. The number of ether oxygens (including phenoxy) is 1. The summed E-state index contributed by atoms with van der Waals surface area (Å²) in [6.07, 6.45) is 8.87. The first-order valence-electron chi connectivity index (χ1n) is 10.3. The molecule has 2 amide bonds. The maximum Gasteiger partial charge on any atom is 0.231 e. The first-order valence-corrected chi connectivity index (χ1v) is 10.3. The van der Waals surface area contributed by atoms with Crippen LogP contribution in [-0.4, -0.2) is 61.6 Å². The van der Waals surface area contributed by atoms with E-state index in [1.54, 1.807) is 4.90 Å².